The fraction of sp³-hybridized carbons (Fsp3) is 0.375. The Balaban J connectivity index is 1.87. The molecule has 0 radical (unpaired) electrons. The molecular formula is C16H19N3O2. The molecule has 0 spiro atoms. The maximum Gasteiger partial charge on any atom is 0.327 e. The van der Waals surface area contributed by atoms with E-state index in [2.05, 4.69) is 9.97 Å². The third-order valence-corrected chi connectivity index (χ3v) is 3.93. The molecule has 0 aliphatic carbocycles. The van der Waals surface area contributed by atoms with Crippen LogP contribution in [-0.2, 0) is 4.79 Å². The lowest BCUT2D eigenvalue weighted by molar-refractivity contribution is -0.144. The van der Waals surface area contributed by atoms with Gasteiger partial charge in [0.15, 0.2) is 6.04 Å². The summed E-state index contributed by atoms with van der Waals surface area (Å²) in [6, 6.07) is 9.11. The van der Waals surface area contributed by atoms with Gasteiger partial charge in [0.05, 0.1) is 11.9 Å². The molecule has 2 heterocycles. The van der Waals surface area contributed by atoms with Gasteiger partial charge in [0.25, 0.3) is 0 Å². The summed E-state index contributed by atoms with van der Waals surface area (Å²) < 4.78 is 0. The van der Waals surface area contributed by atoms with Gasteiger partial charge in [-0.3, -0.25) is 9.69 Å². The molecule has 1 aromatic heterocycles. The lowest BCUT2D eigenvalue weighted by Crippen LogP contribution is -2.38. The fourth-order valence-corrected chi connectivity index (χ4v) is 2.88. The highest BCUT2D eigenvalue weighted by Crippen LogP contribution is 2.25. The summed E-state index contributed by atoms with van der Waals surface area (Å²) in [6.45, 7) is 1.66. The molecule has 5 heteroatoms. The van der Waals surface area contributed by atoms with E-state index >= 15 is 0 Å². The third kappa shape index (κ3) is 2.97. The van der Waals surface area contributed by atoms with E-state index in [9.17, 15) is 9.90 Å². The van der Waals surface area contributed by atoms with Crippen LogP contribution in [0.15, 0.2) is 36.5 Å². The van der Waals surface area contributed by atoms with Crippen molar-refractivity contribution in [1.29, 1.82) is 0 Å². The molecule has 1 aliphatic rings. The van der Waals surface area contributed by atoms with Gasteiger partial charge in [0.2, 0.25) is 0 Å². The van der Waals surface area contributed by atoms with Crippen LogP contribution in [0.5, 0.6) is 0 Å². The van der Waals surface area contributed by atoms with Gasteiger partial charge in [-0.15, -0.1) is 0 Å². The van der Waals surface area contributed by atoms with Gasteiger partial charge in [-0.25, -0.2) is 4.98 Å². The Morgan fingerprint density at radius 3 is 2.57 bits per heavy atom. The quantitative estimate of drug-likeness (QED) is 0.906. The number of benzene rings is 1. The lowest BCUT2D eigenvalue weighted by Gasteiger charge is -2.31. The summed E-state index contributed by atoms with van der Waals surface area (Å²) >= 11 is 0. The van der Waals surface area contributed by atoms with Crippen LogP contribution in [0.1, 0.15) is 31.0 Å². The van der Waals surface area contributed by atoms with Gasteiger partial charge < -0.3 is 10.1 Å². The summed E-state index contributed by atoms with van der Waals surface area (Å²) in [5, 5.41) is 9.57. The minimum atomic E-state index is -0.819. The number of H-pyrrole nitrogens is 1. The van der Waals surface area contributed by atoms with Crippen molar-refractivity contribution in [3.63, 3.8) is 0 Å². The maximum absolute atomic E-state index is 11.7. The standard InChI is InChI=1S/C16H19N3O2/c20-16(21)14(19-9-5-2-6-10-19)13-11-17-15(18-13)12-7-3-1-4-8-12/h1,3-4,7-8,11,14H,2,5-6,9-10H2,(H,17,18)(H,20,21). The van der Waals surface area contributed by atoms with Crippen LogP contribution in [0, 0.1) is 0 Å². The normalized spacial score (nSPS) is 17.5. The average Bonchev–Trinajstić information content (AvgIpc) is 2.98. The van der Waals surface area contributed by atoms with Crippen molar-refractivity contribution in [2.45, 2.75) is 25.3 Å². The Morgan fingerprint density at radius 1 is 1.19 bits per heavy atom. The van der Waals surface area contributed by atoms with Crippen molar-refractivity contribution < 1.29 is 9.90 Å². The topological polar surface area (TPSA) is 69.2 Å². The maximum atomic E-state index is 11.7. The summed E-state index contributed by atoms with van der Waals surface area (Å²) in [7, 11) is 0. The van der Waals surface area contributed by atoms with E-state index in [4.69, 9.17) is 0 Å². The minimum absolute atomic E-state index is 0.629. The van der Waals surface area contributed by atoms with Crippen molar-refractivity contribution in [1.82, 2.24) is 14.9 Å². The number of carbonyl (C=O) groups is 1. The number of hydrogen-bond acceptors (Lipinski definition) is 3. The second-order valence-corrected chi connectivity index (χ2v) is 5.39. The van der Waals surface area contributed by atoms with Crippen molar-refractivity contribution >= 4 is 5.97 Å². The number of aliphatic carboxylic acids is 1. The molecule has 0 amide bonds. The first kappa shape index (κ1) is 13.8. The molecule has 1 unspecified atom stereocenters. The van der Waals surface area contributed by atoms with Crippen LogP contribution in [-0.4, -0.2) is 39.0 Å². The highest BCUT2D eigenvalue weighted by atomic mass is 16.4. The van der Waals surface area contributed by atoms with Gasteiger partial charge in [-0.1, -0.05) is 36.8 Å². The number of rotatable bonds is 4. The molecule has 3 rings (SSSR count). The number of likely N-dealkylation sites (tertiary alicyclic amines) is 1. The van der Waals surface area contributed by atoms with Gasteiger partial charge in [0.1, 0.15) is 5.82 Å². The van der Waals surface area contributed by atoms with E-state index in [1.807, 2.05) is 35.2 Å². The fourth-order valence-electron chi connectivity index (χ4n) is 2.88. The first-order valence-electron chi connectivity index (χ1n) is 7.33. The molecule has 1 fully saturated rings. The van der Waals surface area contributed by atoms with Gasteiger partial charge in [-0.05, 0) is 25.9 Å². The largest absolute Gasteiger partial charge is 0.480 e. The second kappa shape index (κ2) is 6.10. The molecular weight excluding hydrogens is 266 g/mol. The number of nitrogens with zero attached hydrogens (tertiary/aromatic N) is 2. The summed E-state index contributed by atoms with van der Waals surface area (Å²) in [5.74, 6) is -0.103. The lowest BCUT2D eigenvalue weighted by atomic mass is 10.1. The number of imidazole rings is 1. The van der Waals surface area contributed by atoms with E-state index < -0.39 is 12.0 Å². The first-order chi connectivity index (χ1) is 10.3. The van der Waals surface area contributed by atoms with Gasteiger partial charge in [0, 0.05) is 5.56 Å². The van der Waals surface area contributed by atoms with Gasteiger partial charge in [-0.2, -0.15) is 0 Å². The second-order valence-electron chi connectivity index (χ2n) is 5.39. The van der Waals surface area contributed by atoms with E-state index in [-0.39, 0.29) is 0 Å². The molecule has 1 saturated heterocycles. The predicted octanol–water partition coefficient (Wildman–Crippen LogP) is 2.69. The zero-order chi connectivity index (χ0) is 14.7. The Labute approximate surface area is 123 Å². The molecule has 5 nitrogen and oxygen atoms in total. The molecule has 2 N–H and O–H groups in total. The summed E-state index contributed by atoms with van der Waals surface area (Å²) in [6.07, 6.45) is 4.95. The van der Waals surface area contributed by atoms with Crippen molar-refractivity contribution in [2.24, 2.45) is 0 Å². The van der Waals surface area contributed by atoms with E-state index in [1.165, 1.54) is 6.42 Å². The number of nitrogens with one attached hydrogen (secondary N) is 1. The Bertz CT molecular complexity index is 603. The SMILES string of the molecule is O=C(O)C(c1cnc(-c2ccccc2)[nH]1)N1CCCCC1. The van der Waals surface area contributed by atoms with Crippen LogP contribution in [0.3, 0.4) is 0 Å². The molecule has 110 valence electrons. The molecule has 2 aromatic rings. The Morgan fingerprint density at radius 2 is 1.90 bits per heavy atom. The van der Waals surface area contributed by atoms with E-state index in [0.717, 1.165) is 31.5 Å². The van der Waals surface area contributed by atoms with Crippen LogP contribution >= 0.6 is 0 Å². The smallest absolute Gasteiger partial charge is 0.327 e. The zero-order valence-corrected chi connectivity index (χ0v) is 11.8. The first-order valence-corrected chi connectivity index (χ1v) is 7.33. The van der Waals surface area contributed by atoms with Crippen LogP contribution in [0.25, 0.3) is 11.4 Å². The number of carboxylic acid groups (broad SMARTS) is 1. The number of aromatic amines is 1. The van der Waals surface area contributed by atoms with Crippen LogP contribution in [0.4, 0.5) is 0 Å². The van der Waals surface area contributed by atoms with Gasteiger partial charge >= 0.3 is 5.97 Å². The molecule has 1 aliphatic heterocycles. The number of aromatic nitrogens is 2. The van der Waals surface area contributed by atoms with Crippen molar-refractivity contribution in [3.8, 4) is 11.4 Å². The van der Waals surface area contributed by atoms with E-state index in [1.54, 1.807) is 6.20 Å². The molecule has 0 saturated carbocycles. The van der Waals surface area contributed by atoms with Crippen LogP contribution in [0.2, 0.25) is 0 Å². The molecule has 1 atom stereocenters. The number of piperidine rings is 1. The Hall–Kier alpha value is -2.14. The zero-order valence-electron chi connectivity index (χ0n) is 11.8. The average molecular weight is 285 g/mol. The van der Waals surface area contributed by atoms with E-state index in [0.29, 0.717) is 11.5 Å². The molecule has 0 bridgehead atoms. The summed E-state index contributed by atoms with van der Waals surface area (Å²) in [4.78, 5) is 21.2. The molecule has 1 aromatic carbocycles. The Kier molecular flexibility index (Phi) is 4.01. The number of carboxylic acids is 1. The summed E-state index contributed by atoms with van der Waals surface area (Å²) in [5.41, 5.74) is 1.62. The highest BCUT2D eigenvalue weighted by Gasteiger charge is 2.30. The monoisotopic (exact) mass is 285 g/mol. The van der Waals surface area contributed by atoms with Crippen molar-refractivity contribution in [3.05, 3.63) is 42.2 Å². The highest BCUT2D eigenvalue weighted by molar-refractivity contribution is 5.75. The predicted molar refractivity (Wildman–Crippen MR) is 79.8 cm³/mol. The van der Waals surface area contributed by atoms with Crippen molar-refractivity contribution in [2.75, 3.05) is 13.1 Å². The number of hydrogen-bond donors (Lipinski definition) is 2. The third-order valence-electron chi connectivity index (χ3n) is 3.93. The molecule has 21 heavy (non-hydrogen) atoms. The van der Waals surface area contributed by atoms with Crippen LogP contribution < -0.4 is 0 Å². The minimum Gasteiger partial charge on any atom is -0.480 e.